The second-order valence-electron chi connectivity index (χ2n) is 5.81. The fourth-order valence-corrected chi connectivity index (χ4v) is 2.62. The molecule has 0 aliphatic heterocycles. The van der Waals surface area contributed by atoms with E-state index in [2.05, 4.69) is 74.6 Å². The van der Waals surface area contributed by atoms with E-state index in [9.17, 15) is 0 Å². The molecule has 2 rings (SSSR count). The molecule has 0 unspecified atom stereocenters. The van der Waals surface area contributed by atoms with Gasteiger partial charge in [0.1, 0.15) is 11.5 Å². The van der Waals surface area contributed by atoms with Crippen LogP contribution in [0.4, 0.5) is 0 Å². The van der Waals surface area contributed by atoms with E-state index >= 15 is 0 Å². The Morgan fingerprint density at radius 3 is 2.11 bits per heavy atom. The lowest BCUT2D eigenvalue weighted by atomic mass is 9.87. The van der Waals surface area contributed by atoms with Crippen LogP contribution in [0.15, 0.2) is 42.5 Å². The minimum absolute atomic E-state index is 0.177. The van der Waals surface area contributed by atoms with Crippen molar-refractivity contribution in [3.8, 4) is 11.5 Å². The molecule has 0 aliphatic carbocycles. The molecule has 0 aliphatic rings. The van der Waals surface area contributed by atoms with Crippen molar-refractivity contribution in [3.05, 3.63) is 57.2 Å². The Hall–Kier alpha value is -1.03. The molecule has 100 valence electrons. The smallest absolute Gasteiger partial charge is 0.140 e. The number of hydrogen-bond acceptors (Lipinski definition) is 1. The summed E-state index contributed by atoms with van der Waals surface area (Å²) in [5, 5.41) is 0. The van der Waals surface area contributed by atoms with Gasteiger partial charge in [-0.25, -0.2) is 0 Å². The highest BCUT2D eigenvalue weighted by atomic mass is 127. The molecule has 0 aromatic heterocycles. The fourth-order valence-electron chi connectivity index (χ4n) is 1.84. The molecule has 0 saturated carbocycles. The average molecular weight is 366 g/mol. The molecule has 0 radical (unpaired) electrons. The molecule has 1 nitrogen and oxygen atoms in total. The standard InChI is InChI=1S/C17H19IO/c1-12-5-10-16(15(18)11-12)19-14-8-6-13(7-9-14)17(2,3)4/h5-11H,1-4H3. The lowest BCUT2D eigenvalue weighted by Gasteiger charge is -2.19. The predicted molar refractivity (Wildman–Crippen MR) is 89.1 cm³/mol. The van der Waals surface area contributed by atoms with E-state index in [1.165, 1.54) is 11.1 Å². The van der Waals surface area contributed by atoms with Gasteiger partial charge in [0.2, 0.25) is 0 Å². The third-order valence-electron chi connectivity index (χ3n) is 3.04. The van der Waals surface area contributed by atoms with Crippen molar-refractivity contribution in [3.63, 3.8) is 0 Å². The first-order valence-corrected chi connectivity index (χ1v) is 7.49. The zero-order valence-corrected chi connectivity index (χ0v) is 14.0. The van der Waals surface area contributed by atoms with E-state index < -0.39 is 0 Å². The lowest BCUT2D eigenvalue weighted by Crippen LogP contribution is -2.10. The molecule has 0 heterocycles. The molecule has 0 N–H and O–H groups in total. The monoisotopic (exact) mass is 366 g/mol. The zero-order valence-electron chi connectivity index (χ0n) is 11.8. The molecule has 0 amide bonds. The van der Waals surface area contributed by atoms with Crippen LogP contribution >= 0.6 is 22.6 Å². The molecule has 0 spiro atoms. The van der Waals surface area contributed by atoms with E-state index in [4.69, 9.17) is 4.74 Å². The number of ether oxygens (including phenoxy) is 1. The largest absolute Gasteiger partial charge is 0.456 e. The minimum Gasteiger partial charge on any atom is -0.456 e. The summed E-state index contributed by atoms with van der Waals surface area (Å²) < 4.78 is 7.06. The van der Waals surface area contributed by atoms with Crippen LogP contribution in [0.1, 0.15) is 31.9 Å². The summed E-state index contributed by atoms with van der Waals surface area (Å²) >= 11 is 2.31. The van der Waals surface area contributed by atoms with Crippen molar-refractivity contribution in [2.24, 2.45) is 0 Å². The van der Waals surface area contributed by atoms with Gasteiger partial charge in [-0.15, -0.1) is 0 Å². The highest BCUT2D eigenvalue weighted by Crippen LogP contribution is 2.29. The molecule has 0 saturated heterocycles. The topological polar surface area (TPSA) is 9.23 Å². The van der Waals surface area contributed by atoms with Gasteiger partial charge >= 0.3 is 0 Å². The first-order chi connectivity index (χ1) is 8.86. The van der Waals surface area contributed by atoms with Gasteiger partial charge in [0.15, 0.2) is 0 Å². The summed E-state index contributed by atoms with van der Waals surface area (Å²) in [6.45, 7) is 8.73. The van der Waals surface area contributed by atoms with Crippen molar-refractivity contribution in [1.82, 2.24) is 0 Å². The van der Waals surface area contributed by atoms with E-state index in [-0.39, 0.29) is 5.41 Å². The highest BCUT2D eigenvalue weighted by molar-refractivity contribution is 14.1. The Morgan fingerprint density at radius 1 is 0.947 bits per heavy atom. The molecule has 0 bridgehead atoms. The Bertz CT molecular complexity index is 565. The predicted octanol–water partition coefficient (Wildman–Crippen LogP) is 5.69. The first-order valence-electron chi connectivity index (χ1n) is 6.41. The fraction of sp³-hybridized carbons (Fsp3) is 0.294. The van der Waals surface area contributed by atoms with Gasteiger partial charge < -0.3 is 4.74 Å². The van der Waals surface area contributed by atoms with E-state index in [1.54, 1.807) is 0 Å². The summed E-state index contributed by atoms with van der Waals surface area (Å²) in [5.74, 6) is 1.80. The minimum atomic E-state index is 0.177. The summed E-state index contributed by atoms with van der Waals surface area (Å²) in [6.07, 6.45) is 0. The Balaban J connectivity index is 2.20. The van der Waals surface area contributed by atoms with Gasteiger partial charge in [0.25, 0.3) is 0 Å². The number of benzene rings is 2. The summed E-state index contributed by atoms with van der Waals surface area (Å²) in [6, 6.07) is 14.6. The summed E-state index contributed by atoms with van der Waals surface area (Å²) in [4.78, 5) is 0. The van der Waals surface area contributed by atoms with Gasteiger partial charge in [-0.3, -0.25) is 0 Å². The van der Waals surface area contributed by atoms with E-state index in [0.29, 0.717) is 0 Å². The van der Waals surface area contributed by atoms with Gasteiger partial charge in [-0.05, 0) is 70.3 Å². The quantitative estimate of drug-likeness (QED) is 0.621. The average Bonchev–Trinajstić information content (AvgIpc) is 2.32. The first kappa shape index (κ1) is 14.4. The van der Waals surface area contributed by atoms with Crippen LogP contribution < -0.4 is 4.74 Å². The van der Waals surface area contributed by atoms with Crippen molar-refractivity contribution in [1.29, 1.82) is 0 Å². The van der Waals surface area contributed by atoms with Crippen LogP contribution in [0, 0.1) is 10.5 Å². The number of aryl methyl sites for hydroxylation is 1. The maximum atomic E-state index is 5.92. The SMILES string of the molecule is Cc1ccc(Oc2ccc(C(C)(C)C)cc2)c(I)c1. The van der Waals surface area contributed by atoms with Crippen LogP contribution in [-0.4, -0.2) is 0 Å². The number of rotatable bonds is 2. The van der Waals surface area contributed by atoms with Crippen LogP contribution in [-0.2, 0) is 5.41 Å². The molecule has 2 aromatic carbocycles. The van der Waals surface area contributed by atoms with E-state index in [1.807, 2.05) is 18.2 Å². The van der Waals surface area contributed by atoms with Crippen molar-refractivity contribution < 1.29 is 4.74 Å². The maximum Gasteiger partial charge on any atom is 0.140 e. The zero-order chi connectivity index (χ0) is 14.0. The number of hydrogen-bond donors (Lipinski definition) is 0. The van der Waals surface area contributed by atoms with Crippen molar-refractivity contribution in [2.75, 3.05) is 0 Å². The van der Waals surface area contributed by atoms with Crippen molar-refractivity contribution >= 4 is 22.6 Å². The van der Waals surface area contributed by atoms with Crippen molar-refractivity contribution in [2.45, 2.75) is 33.1 Å². The van der Waals surface area contributed by atoms with E-state index in [0.717, 1.165) is 15.1 Å². The Labute approximate surface area is 129 Å². The molecular weight excluding hydrogens is 347 g/mol. The van der Waals surface area contributed by atoms with Crippen LogP contribution in [0.3, 0.4) is 0 Å². The summed E-state index contributed by atoms with van der Waals surface area (Å²) in [7, 11) is 0. The lowest BCUT2D eigenvalue weighted by molar-refractivity contribution is 0.478. The van der Waals surface area contributed by atoms with Crippen LogP contribution in [0.2, 0.25) is 0 Å². The van der Waals surface area contributed by atoms with Gasteiger partial charge in [-0.2, -0.15) is 0 Å². The molecule has 2 aromatic rings. The van der Waals surface area contributed by atoms with Gasteiger partial charge in [0.05, 0.1) is 3.57 Å². The second kappa shape index (κ2) is 5.53. The Kier molecular flexibility index (Phi) is 4.19. The third kappa shape index (κ3) is 3.72. The maximum absolute atomic E-state index is 5.92. The van der Waals surface area contributed by atoms with Crippen LogP contribution in [0.25, 0.3) is 0 Å². The summed E-state index contributed by atoms with van der Waals surface area (Å²) in [5.41, 5.74) is 2.75. The number of halogens is 1. The van der Waals surface area contributed by atoms with Gasteiger partial charge in [0, 0.05) is 0 Å². The molecule has 2 heteroatoms. The molecule has 0 atom stereocenters. The van der Waals surface area contributed by atoms with Gasteiger partial charge in [-0.1, -0.05) is 39.0 Å². The Morgan fingerprint density at radius 2 is 1.58 bits per heavy atom. The third-order valence-corrected chi connectivity index (χ3v) is 3.88. The van der Waals surface area contributed by atoms with Crippen LogP contribution in [0.5, 0.6) is 11.5 Å². The normalized spacial score (nSPS) is 11.4. The molecule has 0 fully saturated rings. The molecular formula is C17H19IO. The highest BCUT2D eigenvalue weighted by Gasteiger charge is 2.13. The second-order valence-corrected chi connectivity index (χ2v) is 6.97. The molecule has 19 heavy (non-hydrogen) atoms.